The van der Waals surface area contributed by atoms with Crippen molar-refractivity contribution in [3.8, 4) is 0 Å². The van der Waals surface area contributed by atoms with Gasteiger partial charge in [-0.1, -0.05) is 45.4 Å². The van der Waals surface area contributed by atoms with Crippen LogP contribution in [0.2, 0.25) is 0 Å². The Morgan fingerprint density at radius 2 is 1.40 bits per heavy atom. The summed E-state index contributed by atoms with van der Waals surface area (Å²) < 4.78 is 61.1. The van der Waals surface area contributed by atoms with E-state index in [1.165, 1.54) is 56.9 Å². The summed E-state index contributed by atoms with van der Waals surface area (Å²) in [6.07, 6.45) is 15.4. The van der Waals surface area contributed by atoms with E-state index in [0.29, 0.717) is 0 Å². The quantitative estimate of drug-likeness (QED) is 0.276. The maximum absolute atomic E-state index is 10.7. The summed E-state index contributed by atoms with van der Waals surface area (Å²) in [5.74, 6) is 0. The molecule has 0 aliphatic rings. The van der Waals surface area contributed by atoms with Gasteiger partial charge in [0.05, 0.1) is 0 Å². The van der Waals surface area contributed by atoms with Crippen molar-refractivity contribution >= 4 is 10.1 Å². The smallest absolute Gasteiger partial charge is 0.485 e. The van der Waals surface area contributed by atoms with Crippen molar-refractivity contribution < 1.29 is 30.7 Å². The molecule has 0 aliphatic carbocycles. The number of pyridine rings is 1. The molecule has 0 aliphatic heterocycles. The molecular formula is C17H28F3NO3S. The van der Waals surface area contributed by atoms with Crippen molar-refractivity contribution in [1.29, 1.82) is 0 Å². The highest BCUT2D eigenvalue weighted by Gasteiger charge is 2.36. The first-order valence-corrected chi connectivity index (χ1v) is 10.0. The van der Waals surface area contributed by atoms with Gasteiger partial charge < -0.3 is 4.55 Å². The standard InChI is InChI=1S/C16H28N.CHF3O3S/c1-3-5-6-7-8-9-10-11-16-12-14-17(4-2)15-13-16;2-1(3,4)8(5,6)7/h12-15H,3-11H2,1-2H3;(H,5,6,7)/q+1;/p-1. The first-order chi connectivity index (χ1) is 11.6. The van der Waals surface area contributed by atoms with Crippen LogP contribution >= 0.6 is 0 Å². The average Bonchev–Trinajstić information content (AvgIpc) is 2.53. The molecule has 0 radical (unpaired) electrons. The predicted octanol–water partition coefficient (Wildman–Crippen LogP) is 4.34. The van der Waals surface area contributed by atoms with Crippen LogP contribution in [0, 0.1) is 0 Å². The third-order valence-corrected chi connectivity index (χ3v) is 4.24. The summed E-state index contributed by atoms with van der Waals surface area (Å²) in [7, 11) is -6.09. The molecule has 0 saturated heterocycles. The van der Waals surface area contributed by atoms with Crippen molar-refractivity contribution in [1.82, 2.24) is 0 Å². The Morgan fingerprint density at radius 1 is 0.960 bits per heavy atom. The molecule has 0 unspecified atom stereocenters. The number of aromatic nitrogens is 1. The SMILES string of the molecule is CCCCCCCCCc1cc[n+](CC)cc1.O=S(=O)([O-])C(F)(F)F. The largest absolute Gasteiger partial charge is 0.741 e. The molecular weight excluding hydrogens is 355 g/mol. The molecule has 8 heteroatoms. The zero-order valence-electron chi connectivity index (χ0n) is 14.9. The number of halogens is 3. The lowest BCUT2D eigenvalue weighted by atomic mass is 10.1. The van der Waals surface area contributed by atoms with E-state index in [1.807, 2.05) is 0 Å². The van der Waals surface area contributed by atoms with Crippen molar-refractivity contribution in [3.05, 3.63) is 30.1 Å². The number of alkyl halides is 3. The minimum atomic E-state index is -6.09. The zero-order valence-corrected chi connectivity index (χ0v) is 15.7. The number of aryl methyl sites for hydroxylation is 2. The summed E-state index contributed by atoms with van der Waals surface area (Å²) in [4.78, 5) is 0. The van der Waals surface area contributed by atoms with Crippen LogP contribution in [-0.2, 0) is 23.1 Å². The first-order valence-electron chi connectivity index (χ1n) is 8.62. The van der Waals surface area contributed by atoms with E-state index in [1.54, 1.807) is 0 Å². The van der Waals surface area contributed by atoms with Crippen molar-refractivity contribution in [2.45, 2.75) is 77.3 Å². The van der Waals surface area contributed by atoms with Crippen LogP contribution in [0.15, 0.2) is 24.5 Å². The van der Waals surface area contributed by atoms with Gasteiger partial charge in [0, 0.05) is 12.1 Å². The third kappa shape index (κ3) is 11.9. The lowest BCUT2D eigenvalue weighted by molar-refractivity contribution is -0.693. The highest BCUT2D eigenvalue weighted by atomic mass is 32.2. The van der Waals surface area contributed by atoms with Gasteiger partial charge in [-0.15, -0.1) is 0 Å². The Morgan fingerprint density at radius 3 is 1.80 bits per heavy atom. The molecule has 146 valence electrons. The summed E-state index contributed by atoms with van der Waals surface area (Å²) in [6.45, 7) is 5.52. The number of hydrogen-bond donors (Lipinski definition) is 0. The van der Waals surface area contributed by atoms with E-state index in [4.69, 9.17) is 13.0 Å². The van der Waals surface area contributed by atoms with E-state index < -0.39 is 15.6 Å². The summed E-state index contributed by atoms with van der Waals surface area (Å²) in [5, 5.41) is 0. The number of unbranched alkanes of at least 4 members (excludes halogenated alkanes) is 6. The Bertz CT molecular complexity index is 557. The molecule has 0 N–H and O–H groups in total. The zero-order chi connectivity index (χ0) is 19.3. The average molecular weight is 383 g/mol. The van der Waals surface area contributed by atoms with Crippen molar-refractivity contribution in [3.63, 3.8) is 0 Å². The Hall–Kier alpha value is -1.15. The van der Waals surface area contributed by atoms with Crippen LogP contribution in [0.3, 0.4) is 0 Å². The lowest BCUT2D eigenvalue weighted by Crippen LogP contribution is -2.30. The number of rotatable bonds is 9. The minimum absolute atomic E-state index is 1.07. The topological polar surface area (TPSA) is 61.1 Å². The van der Waals surface area contributed by atoms with Crippen LogP contribution < -0.4 is 4.57 Å². The summed E-state index contributed by atoms with van der Waals surface area (Å²) in [5.41, 5.74) is -4.16. The fourth-order valence-electron chi connectivity index (χ4n) is 2.15. The van der Waals surface area contributed by atoms with Gasteiger partial charge in [0.2, 0.25) is 0 Å². The monoisotopic (exact) mass is 383 g/mol. The molecule has 0 fully saturated rings. The fourth-order valence-corrected chi connectivity index (χ4v) is 2.15. The first kappa shape index (κ1) is 23.9. The van der Waals surface area contributed by atoms with Gasteiger partial charge >= 0.3 is 5.51 Å². The van der Waals surface area contributed by atoms with Crippen molar-refractivity contribution in [2.75, 3.05) is 0 Å². The number of hydrogen-bond acceptors (Lipinski definition) is 3. The van der Waals surface area contributed by atoms with Gasteiger partial charge in [-0.05, 0) is 25.3 Å². The van der Waals surface area contributed by atoms with Crippen LogP contribution in [0.1, 0.15) is 64.4 Å². The van der Waals surface area contributed by atoms with Gasteiger partial charge in [0.25, 0.3) is 0 Å². The van der Waals surface area contributed by atoms with Crippen LogP contribution in [0.4, 0.5) is 13.2 Å². The second kappa shape index (κ2) is 12.2. The molecule has 1 rings (SSSR count). The molecule has 0 bridgehead atoms. The fraction of sp³-hybridized carbons (Fsp3) is 0.706. The maximum atomic E-state index is 10.7. The Balaban J connectivity index is 0.000000609. The number of nitrogens with zero attached hydrogens (tertiary/aromatic N) is 1. The molecule has 0 saturated carbocycles. The molecule has 0 spiro atoms. The molecule has 4 nitrogen and oxygen atoms in total. The second-order valence-electron chi connectivity index (χ2n) is 5.81. The van der Waals surface area contributed by atoms with E-state index >= 15 is 0 Å². The molecule has 1 aromatic heterocycles. The Labute approximate surface area is 148 Å². The summed E-state index contributed by atoms with van der Waals surface area (Å²) in [6, 6.07) is 4.53. The third-order valence-electron chi connectivity index (χ3n) is 3.68. The molecule has 0 amide bonds. The normalized spacial score (nSPS) is 11.8. The van der Waals surface area contributed by atoms with E-state index in [2.05, 4.69) is 42.9 Å². The molecule has 25 heavy (non-hydrogen) atoms. The van der Waals surface area contributed by atoms with Gasteiger partial charge in [-0.25, -0.2) is 13.0 Å². The van der Waals surface area contributed by atoms with E-state index in [0.717, 1.165) is 6.54 Å². The van der Waals surface area contributed by atoms with Crippen LogP contribution in [-0.4, -0.2) is 18.5 Å². The van der Waals surface area contributed by atoms with E-state index in [9.17, 15) is 13.2 Å². The van der Waals surface area contributed by atoms with Crippen molar-refractivity contribution in [2.24, 2.45) is 0 Å². The predicted molar refractivity (Wildman–Crippen MR) is 89.8 cm³/mol. The molecule has 0 atom stereocenters. The summed E-state index contributed by atoms with van der Waals surface area (Å²) >= 11 is 0. The highest BCUT2D eigenvalue weighted by molar-refractivity contribution is 7.86. The lowest BCUT2D eigenvalue weighted by Gasteiger charge is -2.08. The molecule has 0 aromatic carbocycles. The minimum Gasteiger partial charge on any atom is -0.741 e. The van der Waals surface area contributed by atoms with Gasteiger partial charge in [-0.2, -0.15) is 13.2 Å². The molecule has 1 aromatic rings. The highest BCUT2D eigenvalue weighted by Crippen LogP contribution is 2.20. The second-order valence-corrected chi connectivity index (χ2v) is 7.18. The van der Waals surface area contributed by atoms with Gasteiger partial charge in [0.15, 0.2) is 22.5 Å². The Kier molecular flexibility index (Phi) is 11.7. The van der Waals surface area contributed by atoms with Crippen LogP contribution in [0.5, 0.6) is 0 Å². The van der Waals surface area contributed by atoms with Crippen LogP contribution in [0.25, 0.3) is 0 Å². The molecule has 1 heterocycles. The van der Waals surface area contributed by atoms with Gasteiger partial charge in [-0.3, -0.25) is 0 Å². The van der Waals surface area contributed by atoms with Gasteiger partial charge in [0.1, 0.15) is 6.54 Å². The van der Waals surface area contributed by atoms with E-state index in [-0.39, 0.29) is 0 Å². The maximum Gasteiger partial charge on any atom is 0.485 e.